The van der Waals surface area contributed by atoms with E-state index in [1.165, 1.54) is 18.1 Å². The van der Waals surface area contributed by atoms with Crippen molar-refractivity contribution in [3.05, 3.63) is 76.6 Å². The van der Waals surface area contributed by atoms with E-state index in [9.17, 15) is 19.2 Å². The molecule has 1 fully saturated rings. The Hall–Kier alpha value is -3.94. The van der Waals surface area contributed by atoms with Crippen LogP contribution in [0.5, 0.6) is 0 Å². The molecule has 2 atom stereocenters. The normalized spacial score (nSPS) is 16.9. The van der Waals surface area contributed by atoms with E-state index < -0.39 is 29.6 Å². The third kappa shape index (κ3) is 3.92. The highest BCUT2D eigenvalue weighted by Crippen LogP contribution is 2.32. The van der Waals surface area contributed by atoms with Gasteiger partial charge < -0.3 is 14.5 Å². The summed E-state index contributed by atoms with van der Waals surface area (Å²) in [4.78, 5) is 51.6. The van der Waals surface area contributed by atoms with Crippen LogP contribution in [-0.4, -0.2) is 30.9 Å². The largest absolute Gasteiger partial charge is 0.467 e. The van der Waals surface area contributed by atoms with Gasteiger partial charge in [0.15, 0.2) is 6.04 Å². The van der Waals surface area contributed by atoms with Gasteiger partial charge in [-0.3, -0.25) is 14.5 Å². The first-order chi connectivity index (χ1) is 15.0. The van der Waals surface area contributed by atoms with Crippen LogP contribution < -0.4 is 15.8 Å². The minimum atomic E-state index is -1.02. The average Bonchev–Trinajstić information content (AvgIpc) is 3.18. The van der Waals surface area contributed by atoms with Crippen molar-refractivity contribution in [2.75, 3.05) is 12.0 Å². The number of esters is 1. The van der Waals surface area contributed by atoms with E-state index >= 15 is 0 Å². The lowest BCUT2D eigenvalue weighted by Crippen LogP contribution is -2.47. The zero-order valence-corrected chi connectivity index (χ0v) is 16.7. The van der Waals surface area contributed by atoms with Gasteiger partial charge in [-0.05, 0) is 24.1 Å². The molecular weight excluding hydrogens is 400 g/mol. The molecular formula is C23H20N2O6. The second-order valence-electron chi connectivity index (χ2n) is 7.14. The smallest absolute Gasteiger partial charge is 0.338 e. The molecule has 4 rings (SSSR count). The SMILES string of the molecule is COC(=O)[C@H](NC(=O)[C@@H]1CCC(=O)N1c1cc(=O)oc2ccccc12)c1ccccc1. The summed E-state index contributed by atoms with van der Waals surface area (Å²) in [6.45, 7) is 0. The van der Waals surface area contributed by atoms with Gasteiger partial charge in [-0.2, -0.15) is 0 Å². The molecule has 158 valence electrons. The molecule has 2 aromatic carbocycles. The highest BCUT2D eigenvalue weighted by atomic mass is 16.5. The van der Waals surface area contributed by atoms with Crippen LogP contribution in [0.4, 0.5) is 5.69 Å². The molecule has 3 aromatic rings. The van der Waals surface area contributed by atoms with Crippen molar-refractivity contribution in [3.63, 3.8) is 0 Å². The number of rotatable bonds is 5. The molecule has 1 aromatic heterocycles. The van der Waals surface area contributed by atoms with Crippen molar-refractivity contribution in [3.8, 4) is 0 Å². The minimum absolute atomic E-state index is 0.140. The van der Waals surface area contributed by atoms with Gasteiger partial charge in [0.1, 0.15) is 11.6 Å². The number of nitrogens with one attached hydrogen (secondary N) is 1. The predicted octanol–water partition coefficient (Wildman–Crippen LogP) is 2.32. The summed E-state index contributed by atoms with van der Waals surface area (Å²) in [7, 11) is 1.24. The van der Waals surface area contributed by atoms with Crippen molar-refractivity contribution >= 4 is 34.4 Å². The van der Waals surface area contributed by atoms with Gasteiger partial charge in [-0.25, -0.2) is 9.59 Å². The van der Waals surface area contributed by atoms with Crippen LogP contribution >= 0.6 is 0 Å². The van der Waals surface area contributed by atoms with Crippen LogP contribution in [-0.2, 0) is 19.1 Å². The first-order valence-electron chi connectivity index (χ1n) is 9.77. The Morgan fingerprint density at radius 2 is 1.81 bits per heavy atom. The molecule has 0 saturated carbocycles. The van der Waals surface area contributed by atoms with Crippen molar-refractivity contribution in [1.82, 2.24) is 5.32 Å². The first-order valence-corrected chi connectivity index (χ1v) is 9.77. The summed E-state index contributed by atoms with van der Waals surface area (Å²) in [6.07, 6.45) is 0.392. The van der Waals surface area contributed by atoms with E-state index in [0.29, 0.717) is 22.2 Å². The van der Waals surface area contributed by atoms with Gasteiger partial charge in [0.2, 0.25) is 11.8 Å². The third-order valence-electron chi connectivity index (χ3n) is 5.26. The number of nitrogens with zero attached hydrogens (tertiary/aromatic N) is 1. The Morgan fingerprint density at radius 3 is 2.55 bits per heavy atom. The van der Waals surface area contributed by atoms with Crippen LogP contribution in [0, 0.1) is 0 Å². The second-order valence-corrected chi connectivity index (χ2v) is 7.14. The second kappa shape index (κ2) is 8.43. The molecule has 8 nitrogen and oxygen atoms in total. The number of para-hydroxylation sites is 1. The Balaban J connectivity index is 1.69. The number of carbonyl (C=O) groups excluding carboxylic acids is 3. The number of ether oxygens (including phenoxy) is 1. The Morgan fingerprint density at radius 1 is 1.10 bits per heavy atom. The molecule has 31 heavy (non-hydrogen) atoms. The van der Waals surface area contributed by atoms with Gasteiger partial charge in [0, 0.05) is 17.9 Å². The molecule has 2 heterocycles. The van der Waals surface area contributed by atoms with E-state index in [2.05, 4.69) is 5.32 Å². The molecule has 1 N–H and O–H groups in total. The molecule has 0 aliphatic carbocycles. The first kappa shape index (κ1) is 20.3. The van der Waals surface area contributed by atoms with Crippen molar-refractivity contribution in [1.29, 1.82) is 0 Å². The number of anilines is 1. The summed E-state index contributed by atoms with van der Waals surface area (Å²) in [5, 5.41) is 3.24. The van der Waals surface area contributed by atoms with E-state index in [1.54, 1.807) is 54.6 Å². The quantitative estimate of drug-likeness (QED) is 0.502. The highest BCUT2D eigenvalue weighted by Gasteiger charge is 2.39. The molecule has 1 aliphatic rings. The number of hydrogen-bond acceptors (Lipinski definition) is 6. The number of amides is 2. The molecule has 8 heteroatoms. The highest BCUT2D eigenvalue weighted by molar-refractivity contribution is 6.09. The third-order valence-corrected chi connectivity index (χ3v) is 5.26. The van der Waals surface area contributed by atoms with E-state index in [4.69, 9.17) is 9.15 Å². The molecule has 0 unspecified atom stereocenters. The van der Waals surface area contributed by atoms with Gasteiger partial charge >= 0.3 is 11.6 Å². The van der Waals surface area contributed by atoms with Crippen LogP contribution in [0.15, 0.2) is 69.9 Å². The van der Waals surface area contributed by atoms with Gasteiger partial charge in [-0.1, -0.05) is 42.5 Å². The molecule has 1 saturated heterocycles. The fourth-order valence-corrected chi connectivity index (χ4v) is 3.81. The summed E-state index contributed by atoms with van der Waals surface area (Å²) < 4.78 is 10.1. The van der Waals surface area contributed by atoms with Crippen LogP contribution in [0.3, 0.4) is 0 Å². The number of hydrogen-bond donors (Lipinski definition) is 1. The lowest BCUT2D eigenvalue weighted by atomic mass is 10.1. The van der Waals surface area contributed by atoms with E-state index in [-0.39, 0.29) is 18.7 Å². The Bertz CT molecular complexity index is 1200. The topological polar surface area (TPSA) is 106 Å². The van der Waals surface area contributed by atoms with Crippen LogP contribution in [0.25, 0.3) is 11.0 Å². The standard InChI is InChI=1S/C23H20N2O6/c1-30-23(29)21(14-7-3-2-4-8-14)24-22(28)16-11-12-19(26)25(16)17-13-20(27)31-18-10-6-5-9-15(17)18/h2-10,13,16,21H,11-12H2,1H3,(H,24,28)/t16-,21+/m0/s1. The van der Waals surface area contributed by atoms with Crippen LogP contribution in [0.2, 0.25) is 0 Å². The summed E-state index contributed by atoms with van der Waals surface area (Å²) in [5.74, 6) is -1.42. The van der Waals surface area contributed by atoms with Crippen molar-refractivity contribution < 1.29 is 23.5 Å². The molecule has 1 aliphatic heterocycles. The summed E-state index contributed by atoms with van der Waals surface area (Å²) in [5.41, 5.74) is 0.568. The number of methoxy groups -OCH3 is 1. The zero-order valence-electron chi connectivity index (χ0n) is 16.7. The van der Waals surface area contributed by atoms with E-state index in [1.807, 2.05) is 0 Å². The van der Waals surface area contributed by atoms with Crippen molar-refractivity contribution in [2.24, 2.45) is 0 Å². The zero-order chi connectivity index (χ0) is 22.0. The maximum absolute atomic E-state index is 13.2. The molecule has 0 radical (unpaired) electrons. The number of carbonyl (C=O) groups is 3. The summed E-state index contributed by atoms with van der Waals surface area (Å²) >= 11 is 0. The fraction of sp³-hybridized carbons (Fsp3) is 0.217. The maximum Gasteiger partial charge on any atom is 0.338 e. The summed E-state index contributed by atoms with van der Waals surface area (Å²) in [6, 6.07) is 14.8. The maximum atomic E-state index is 13.2. The van der Waals surface area contributed by atoms with Gasteiger partial charge in [0.25, 0.3) is 0 Å². The number of fused-ring (bicyclic) bond motifs is 1. The number of benzene rings is 2. The molecule has 2 amide bonds. The van der Waals surface area contributed by atoms with E-state index in [0.717, 1.165) is 0 Å². The van der Waals surface area contributed by atoms with Crippen molar-refractivity contribution in [2.45, 2.75) is 24.9 Å². The van der Waals surface area contributed by atoms with Gasteiger partial charge in [0.05, 0.1) is 12.8 Å². The molecule has 0 spiro atoms. The Kier molecular flexibility index (Phi) is 5.53. The monoisotopic (exact) mass is 420 g/mol. The lowest BCUT2D eigenvalue weighted by Gasteiger charge is -2.26. The van der Waals surface area contributed by atoms with Crippen LogP contribution in [0.1, 0.15) is 24.4 Å². The Labute approximate surface area is 177 Å². The average molecular weight is 420 g/mol. The van der Waals surface area contributed by atoms with Gasteiger partial charge in [-0.15, -0.1) is 0 Å². The molecule has 0 bridgehead atoms. The fourth-order valence-electron chi connectivity index (χ4n) is 3.81. The lowest BCUT2D eigenvalue weighted by molar-refractivity contribution is -0.145. The minimum Gasteiger partial charge on any atom is -0.467 e. The predicted molar refractivity (Wildman–Crippen MR) is 112 cm³/mol.